The number of hydrogen-bond donors (Lipinski definition) is 1. The van der Waals surface area contributed by atoms with E-state index in [0.717, 1.165) is 35.4 Å². The summed E-state index contributed by atoms with van der Waals surface area (Å²) in [5.41, 5.74) is 4.21. The Morgan fingerprint density at radius 3 is 2.28 bits per heavy atom. The van der Waals surface area contributed by atoms with E-state index in [1.54, 1.807) is 0 Å². The Kier molecular flexibility index (Phi) is 4.34. The van der Waals surface area contributed by atoms with Crippen LogP contribution in [0.5, 0.6) is 0 Å². The highest BCUT2D eigenvalue weighted by molar-refractivity contribution is 5.79. The zero-order valence-corrected chi connectivity index (χ0v) is 14.1. The summed E-state index contributed by atoms with van der Waals surface area (Å²) >= 11 is 0. The molecule has 1 aromatic heterocycles. The molecular weight excluding hydrogens is 310 g/mol. The van der Waals surface area contributed by atoms with E-state index in [0.29, 0.717) is 19.0 Å². The summed E-state index contributed by atoms with van der Waals surface area (Å²) in [7, 11) is 0. The van der Waals surface area contributed by atoms with Gasteiger partial charge in [-0.15, -0.1) is 0 Å². The summed E-state index contributed by atoms with van der Waals surface area (Å²) in [6.45, 7) is 0.628. The van der Waals surface area contributed by atoms with Crippen LogP contribution in [0.15, 0.2) is 67.0 Å². The van der Waals surface area contributed by atoms with Crippen molar-refractivity contribution in [1.82, 2.24) is 14.9 Å². The number of amides is 1. The second-order valence-electron chi connectivity index (χ2n) is 6.46. The molecule has 0 radical (unpaired) electrons. The fourth-order valence-electron chi connectivity index (χ4n) is 3.01. The van der Waals surface area contributed by atoms with Crippen molar-refractivity contribution in [3.8, 4) is 22.5 Å². The SMILES string of the molecule is O=C(CCn1cnc(-c2ccccc2)c1-c1ccccc1)NC1CC1. The molecule has 126 valence electrons. The molecule has 1 heterocycles. The largest absolute Gasteiger partial charge is 0.353 e. The molecule has 0 bridgehead atoms. The van der Waals surface area contributed by atoms with Gasteiger partial charge in [-0.05, 0) is 12.8 Å². The Morgan fingerprint density at radius 2 is 1.64 bits per heavy atom. The standard InChI is InChI=1S/C21H21N3O/c25-19(23-18-11-12-18)13-14-24-15-22-20(16-7-3-1-4-8-16)21(24)17-9-5-2-6-10-17/h1-10,15,18H,11-14H2,(H,23,25). The van der Waals surface area contributed by atoms with Crippen LogP contribution in [0.4, 0.5) is 0 Å². The zero-order chi connectivity index (χ0) is 17.1. The maximum Gasteiger partial charge on any atom is 0.222 e. The van der Waals surface area contributed by atoms with Gasteiger partial charge in [0.15, 0.2) is 0 Å². The lowest BCUT2D eigenvalue weighted by Gasteiger charge is -2.11. The molecule has 0 saturated heterocycles. The molecule has 0 atom stereocenters. The fraction of sp³-hybridized carbons (Fsp3) is 0.238. The molecule has 1 fully saturated rings. The van der Waals surface area contributed by atoms with Crippen molar-refractivity contribution in [3.05, 3.63) is 67.0 Å². The summed E-state index contributed by atoms with van der Waals surface area (Å²) < 4.78 is 2.09. The lowest BCUT2D eigenvalue weighted by molar-refractivity contribution is -0.121. The Bertz CT molecular complexity index is 851. The smallest absolute Gasteiger partial charge is 0.222 e. The van der Waals surface area contributed by atoms with Crippen molar-refractivity contribution < 1.29 is 4.79 Å². The Morgan fingerprint density at radius 1 is 1.00 bits per heavy atom. The summed E-state index contributed by atoms with van der Waals surface area (Å²) in [5, 5.41) is 3.05. The maximum atomic E-state index is 12.0. The van der Waals surface area contributed by atoms with Crippen LogP contribution in [-0.2, 0) is 11.3 Å². The number of aryl methyl sites for hydroxylation is 1. The minimum atomic E-state index is 0.122. The van der Waals surface area contributed by atoms with E-state index in [9.17, 15) is 4.79 Å². The Labute approximate surface area is 147 Å². The van der Waals surface area contributed by atoms with Crippen LogP contribution in [0.25, 0.3) is 22.5 Å². The van der Waals surface area contributed by atoms with E-state index in [4.69, 9.17) is 0 Å². The van der Waals surface area contributed by atoms with E-state index in [1.165, 1.54) is 0 Å². The zero-order valence-electron chi connectivity index (χ0n) is 14.1. The van der Waals surface area contributed by atoms with Gasteiger partial charge >= 0.3 is 0 Å². The van der Waals surface area contributed by atoms with Crippen LogP contribution < -0.4 is 5.32 Å². The van der Waals surface area contributed by atoms with Gasteiger partial charge in [0.2, 0.25) is 5.91 Å². The summed E-state index contributed by atoms with van der Waals surface area (Å²) in [4.78, 5) is 16.7. The lowest BCUT2D eigenvalue weighted by atomic mass is 10.0. The quantitative estimate of drug-likeness (QED) is 0.745. The van der Waals surface area contributed by atoms with Gasteiger partial charge in [0.05, 0.1) is 17.7 Å². The molecule has 1 N–H and O–H groups in total. The molecule has 1 aliphatic rings. The van der Waals surface area contributed by atoms with Gasteiger partial charge in [-0.25, -0.2) is 4.98 Å². The molecule has 1 saturated carbocycles. The molecule has 25 heavy (non-hydrogen) atoms. The van der Waals surface area contributed by atoms with E-state index in [-0.39, 0.29) is 5.91 Å². The van der Waals surface area contributed by atoms with Crippen molar-refractivity contribution >= 4 is 5.91 Å². The van der Waals surface area contributed by atoms with Gasteiger partial charge in [-0.2, -0.15) is 0 Å². The molecular formula is C21H21N3O. The highest BCUT2D eigenvalue weighted by Crippen LogP contribution is 2.31. The minimum absolute atomic E-state index is 0.122. The van der Waals surface area contributed by atoms with Crippen LogP contribution in [0.3, 0.4) is 0 Å². The molecule has 1 amide bonds. The Balaban J connectivity index is 1.64. The first kappa shape index (κ1) is 15.6. The minimum Gasteiger partial charge on any atom is -0.353 e. The third-order valence-electron chi connectivity index (χ3n) is 4.45. The molecule has 0 unspecified atom stereocenters. The number of aromatic nitrogens is 2. The van der Waals surface area contributed by atoms with Crippen molar-refractivity contribution in [2.24, 2.45) is 0 Å². The number of nitrogens with one attached hydrogen (secondary N) is 1. The molecule has 3 aromatic rings. The monoisotopic (exact) mass is 331 g/mol. The number of benzene rings is 2. The van der Waals surface area contributed by atoms with Gasteiger partial charge in [0, 0.05) is 30.1 Å². The average Bonchev–Trinajstić information content (AvgIpc) is 3.37. The van der Waals surface area contributed by atoms with Crippen LogP contribution in [-0.4, -0.2) is 21.5 Å². The number of hydrogen-bond acceptors (Lipinski definition) is 2. The van der Waals surface area contributed by atoms with E-state index in [1.807, 2.05) is 42.7 Å². The Hall–Kier alpha value is -2.88. The predicted molar refractivity (Wildman–Crippen MR) is 98.9 cm³/mol. The summed E-state index contributed by atoms with van der Waals surface area (Å²) in [5.74, 6) is 0.122. The van der Waals surface area contributed by atoms with Crippen molar-refractivity contribution in [1.29, 1.82) is 0 Å². The van der Waals surface area contributed by atoms with Gasteiger partial charge in [0.25, 0.3) is 0 Å². The maximum absolute atomic E-state index is 12.0. The first-order valence-electron chi connectivity index (χ1n) is 8.76. The number of carbonyl (C=O) groups is 1. The average molecular weight is 331 g/mol. The van der Waals surface area contributed by atoms with E-state index >= 15 is 0 Å². The molecule has 4 heteroatoms. The predicted octanol–water partition coefficient (Wildman–Crippen LogP) is 3.89. The first-order chi connectivity index (χ1) is 12.3. The first-order valence-corrected chi connectivity index (χ1v) is 8.76. The van der Waals surface area contributed by atoms with Gasteiger partial charge < -0.3 is 9.88 Å². The highest BCUT2D eigenvalue weighted by atomic mass is 16.1. The number of rotatable bonds is 6. The van der Waals surface area contributed by atoms with Crippen molar-refractivity contribution in [2.45, 2.75) is 31.8 Å². The molecule has 4 nitrogen and oxygen atoms in total. The van der Waals surface area contributed by atoms with Gasteiger partial charge in [0.1, 0.15) is 0 Å². The fourth-order valence-corrected chi connectivity index (χ4v) is 3.01. The lowest BCUT2D eigenvalue weighted by Crippen LogP contribution is -2.26. The normalized spacial score (nSPS) is 13.6. The third kappa shape index (κ3) is 3.63. The van der Waals surface area contributed by atoms with E-state index in [2.05, 4.69) is 39.1 Å². The summed E-state index contributed by atoms with van der Waals surface area (Å²) in [6.07, 6.45) is 4.55. The van der Waals surface area contributed by atoms with Crippen LogP contribution in [0.1, 0.15) is 19.3 Å². The second-order valence-corrected chi connectivity index (χ2v) is 6.46. The van der Waals surface area contributed by atoms with Gasteiger partial charge in [-0.3, -0.25) is 4.79 Å². The second kappa shape index (κ2) is 6.93. The van der Waals surface area contributed by atoms with E-state index < -0.39 is 0 Å². The topological polar surface area (TPSA) is 46.9 Å². The number of nitrogens with zero attached hydrogens (tertiary/aromatic N) is 2. The van der Waals surface area contributed by atoms with Crippen LogP contribution in [0, 0.1) is 0 Å². The van der Waals surface area contributed by atoms with Crippen LogP contribution >= 0.6 is 0 Å². The number of imidazole rings is 1. The van der Waals surface area contributed by atoms with Crippen molar-refractivity contribution in [2.75, 3.05) is 0 Å². The molecule has 0 spiro atoms. The molecule has 0 aliphatic heterocycles. The molecule has 4 rings (SSSR count). The van der Waals surface area contributed by atoms with Crippen molar-refractivity contribution in [3.63, 3.8) is 0 Å². The molecule has 1 aliphatic carbocycles. The summed E-state index contributed by atoms with van der Waals surface area (Å²) in [6, 6.07) is 20.8. The van der Waals surface area contributed by atoms with Crippen LogP contribution in [0.2, 0.25) is 0 Å². The number of carbonyl (C=O) groups excluding carboxylic acids is 1. The van der Waals surface area contributed by atoms with Gasteiger partial charge in [-0.1, -0.05) is 60.7 Å². The highest BCUT2D eigenvalue weighted by Gasteiger charge is 2.23. The molecule has 2 aromatic carbocycles. The third-order valence-corrected chi connectivity index (χ3v) is 4.45.